The predicted molar refractivity (Wildman–Crippen MR) is 80.3 cm³/mol. The van der Waals surface area contributed by atoms with E-state index in [1.165, 1.54) is 12.8 Å². The van der Waals surface area contributed by atoms with Crippen LogP contribution in [-0.4, -0.2) is 14.5 Å². The Kier molecular flexibility index (Phi) is 3.36. The van der Waals surface area contributed by atoms with Gasteiger partial charge in [0.1, 0.15) is 0 Å². The van der Waals surface area contributed by atoms with Gasteiger partial charge in [-0.1, -0.05) is 18.2 Å². The van der Waals surface area contributed by atoms with Crippen LogP contribution in [0.25, 0.3) is 0 Å². The van der Waals surface area contributed by atoms with Crippen LogP contribution in [0.1, 0.15) is 12.8 Å². The van der Waals surface area contributed by atoms with E-state index in [-0.39, 0.29) is 4.90 Å². The Hall–Kier alpha value is -2.01. The SMILES string of the molecule is O=S(=O)(Nc1ccc(NC2CC2)cc1)c1ccccc1. The van der Waals surface area contributed by atoms with Gasteiger partial charge in [-0.3, -0.25) is 4.72 Å². The van der Waals surface area contributed by atoms with Crippen molar-refractivity contribution in [3.05, 3.63) is 54.6 Å². The normalized spacial score (nSPS) is 14.8. The Labute approximate surface area is 118 Å². The predicted octanol–water partition coefficient (Wildman–Crippen LogP) is 3.06. The summed E-state index contributed by atoms with van der Waals surface area (Å²) in [6.07, 6.45) is 2.42. The van der Waals surface area contributed by atoms with Gasteiger partial charge in [0.2, 0.25) is 0 Å². The molecule has 0 unspecified atom stereocenters. The first kappa shape index (κ1) is 13.0. The topological polar surface area (TPSA) is 58.2 Å². The second-order valence-electron chi connectivity index (χ2n) is 4.91. The van der Waals surface area contributed by atoms with Gasteiger partial charge in [-0.05, 0) is 49.2 Å². The fraction of sp³-hybridized carbons (Fsp3) is 0.200. The number of hydrogen-bond donors (Lipinski definition) is 2. The highest BCUT2D eigenvalue weighted by atomic mass is 32.2. The zero-order chi connectivity index (χ0) is 14.0. The molecule has 2 aromatic carbocycles. The van der Waals surface area contributed by atoms with Crippen molar-refractivity contribution < 1.29 is 8.42 Å². The molecule has 2 aromatic rings. The summed E-state index contributed by atoms with van der Waals surface area (Å²) >= 11 is 0. The van der Waals surface area contributed by atoms with E-state index in [0.29, 0.717) is 11.7 Å². The molecule has 0 bridgehead atoms. The van der Waals surface area contributed by atoms with E-state index in [9.17, 15) is 8.42 Å². The van der Waals surface area contributed by atoms with Crippen LogP contribution in [0.3, 0.4) is 0 Å². The van der Waals surface area contributed by atoms with Gasteiger partial charge in [0, 0.05) is 17.4 Å². The van der Waals surface area contributed by atoms with Crippen LogP contribution >= 0.6 is 0 Å². The summed E-state index contributed by atoms with van der Waals surface area (Å²) in [5.41, 5.74) is 1.59. The third-order valence-corrected chi connectivity index (χ3v) is 4.54. The lowest BCUT2D eigenvalue weighted by Crippen LogP contribution is -2.12. The molecule has 0 aliphatic heterocycles. The Bertz CT molecular complexity index is 678. The highest BCUT2D eigenvalue weighted by molar-refractivity contribution is 7.92. The van der Waals surface area contributed by atoms with Crippen LogP contribution in [0, 0.1) is 0 Å². The Morgan fingerprint density at radius 1 is 0.850 bits per heavy atom. The Balaban J connectivity index is 1.73. The van der Waals surface area contributed by atoms with Gasteiger partial charge in [0.15, 0.2) is 0 Å². The summed E-state index contributed by atoms with van der Waals surface area (Å²) in [5, 5.41) is 3.36. The quantitative estimate of drug-likeness (QED) is 0.889. The van der Waals surface area contributed by atoms with Crippen molar-refractivity contribution in [2.24, 2.45) is 0 Å². The minimum atomic E-state index is -3.51. The molecular weight excluding hydrogens is 272 g/mol. The van der Waals surface area contributed by atoms with E-state index in [2.05, 4.69) is 10.0 Å². The molecule has 104 valence electrons. The number of hydrogen-bond acceptors (Lipinski definition) is 3. The van der Waals surface area contributed by atoms with Crippen LogP contribution in [0.2, 0.25) is 0 Å². The van der Waals surface area contributed by atoms with Crippen molar-refractivity contribution in [3.63, 3.8) is 0 Å². The van der Waals surface area contributed by atoms with Crippen molar-refractivity contribution in [3.8, 4) is 0 Å². The molecule has 1 saturated carbocycles. The average Bonchev–Trinajstić information content (AvgIpc) is 3.26. The van der Waals surface area contributed by atoms with Crippen LogP contribution in [-0.2, 0) is 10.0 Å². The maximum Gasteiger partial charge on any atom is 0.261 e. The number of sulfonamides is 1. The molecule has 0 atom stereocenters. The summed E-state index contributed by atoms with van der Waals surface area (Å²) in [5.74, 6) is 0. The number of anilines is 2. The Morgan fingerprint density at radius 3 is 2.05 bits per heavy atom. The maximum atomic E-state index is 12.1. The van der Waals surface area contributed by atoms with E-state index >= 15 is 0 Å². The van der Waals surface area contributed by atoms with Crippen molar-refractivity contribution in [2.75, 3.05) is 10.0 Å². The molecule has 5 heteroatoms. The van der Waals surface area contributed by atoms with Crippen molar-refractivity contribution in [1.82, 2.24) is 0 Å². The van der Waals surface area contributed by atoms with Crippen LogP contribution < -0.4 is 10.0 Å². The molecular formula is C15H16N2O2S. The molecule has 0 aromatic heterocycles. The molecule has 0 radical (unpaired) electrons. The van der Waals surface area contributed by atoms with Gasteiger partial charge < -0.3 is 5.32 Å². The van der Waals surface area contributed by atoms with Crippen LogP contribution in [0.5, 0.6) is 0 Å². The van der Waals surface area contributed by atoms with Gasteiger partial charge in [-0.2, -0.15) is 0 Å². The maximum absolute atomic E-state index is 12.1. The molecule has 1 aliphatic carbocycles. The van der Waals surface area contributed by atoms with Gasteiger partial charge in [0.25, 0.3) is 10.0 Å². The summed E-state index contributed by atoms with van der Waals surface area (Å²) in [4.78, 5) is 0.264. The number of nitrogens with one attached hydrogen (secondary N) is 2. The first-order valence-corrected chi connectivity index (χ1v) is 8.06. The first-order valence-electron chi connectivity index (χ1n) is 6.58. The lowest BCUT2D eigenvalue weighted by Gasteiger charge is -2.09. The number of rotatable bonds is 5. The summed E-state index contributed by atoms with van der Waals surface area (Å²) < 4.78 is 26.9. The highest BCUT2D eigenvalue weighted by Crippen LogP contribution is 2.25. The van der Waals surface area contributed by atoms with Crippen molar-refractivity contribution in [2.45, 2.75) is 23.8 Å². The minimum Gasteiger partial charge on any atom is -0.382 e. The second kappa shape index (κ2) is 5.17. The summed E-state index contributed by atoms with van der Waals surface area (Å²) in [7, 11) is -3.51. The third-order valence-electron chi connectivity index (χ3n) is 3.14. The molecule has 1 aliphatic rings. The molecule has 0 saturated heterocycles. The van der Waals surface area contributed by atoms with E-state index in [1.807, 2.05) is 12.1 Å². The van der Waals surface area contributed by atoms with Gasteiger partial charge in [0.05, 0.1) is 4.90 Å². The molecule has 0 amide bonds. The van der Waals surface area contributed by atoms with Gasteiger partial charge in [-0.15, -0.1) is 0 Å². The van der Waals surface area contributed by atoms with Crippen LogP contribution in [0.4, 0.5) is 11.4 Å². The first-order chi connectivity index (χ1) is 9.63. The van der Waals surface area contributed by atoms with Gasteiger partial charge in [-0.25, -0.2) is 8.42 Å². The zero-order valence-electron chi connectivity index (χ0n) is 10.9. The lowest BCUT2D eigenvalue weighted by atomic mass is 10.3. The zero-order valence-corrected chi connectivity index (χ0v) is 11.7. The number of benzene rings is 2. The largest absolute Gasteiger partial charge is 0.382 e. The van der Waals surface area contributed by atoms with E-state index < -0.39 is 10.0 Å². The summed E-state index contributed by atoms with van der Waals surface area (Å²) in [6, 6.07) is 16.3. The van der Waals surface area contributed by atoms with Crippen LogP contribution in [0.15, 0.2) is 59.5 Å². The monoisotopic (exact) mass is 288 g/mol. The minimum absolute atomic E-state index is 0.264. The highest BCUT2D eigenvalue weighted by Gasteiger charge is 2.20. The van der Waals surface area contributed by atoms with Crippen molar-refractivity contribution >= 4 is 21.4 Å². The second-order valence-corrected chi connectivity index (χ2v) is 6.60. The molecule has 20 heavy (non-hydrogen) atoms. The van der Waals surface area contributed by atoms with E-state index in [0.717, 1.165) is 5.69 Å². The van der Waals surface area contributed by atoms with Crippen molar-refractivity contribution in [1.29, 1.82) is 0 Å². The standard InChI is InChI=1S/C15H16N2O2S/c18-20(19,15-4-2-1-3-5-15)17-14-10-8-13(9-11-14)16-12-6-7-12/h1-5,8-12,16-17H,6-7H2. The van der Waals surface area contributed by atoms with E-state index in [4.69, 9.17) is 0 Å². The average molecular weight is 288 g/mol. The molecule has 4 nitrogen and oxygen atoms in total. The lowest BCUT2D eigenvalue weighted by molar-refractivity contribution is 0.601. The molecule has 0 heterocycles. The fourth-order valence-electron chi connectivity index (χ4n) is 1.91. The smallest absolute Gasteiger partial charge is 0.261 e. The molecule has 1 fully saturated rings. The molecule has 3 rings (SSSR count). The summed E-state index contributed by atoms with van der Waals surface area (Å²) in [6.45, 7) is 0. The van der Waals surface area contributed by atoms with E-state index in [1.54, 1.807) is 42.5 Å². The Morgan fingerprint density at radius 2 is 1.45 bits per heavy atom. The molecule has 0 spiro atoms. The molecule has 2 N–H and O–H groups in total. The third kappa shape index (κ3) is 3.11. The van der Waals surface area contributed by atoms with Gasteiger partial charge >= 0.3 is 0 Å². The fourth-order valence-corrected chi connectivity index (χ4v) is 2.99.